The Morgan fingerprint density at radius 2 is 2.21 bits per heavy atom. The van der Waals surface area contributed by atoms with Crippen LogP contribution in [0, 0.1) is 12.8 Å². The van der Waals surface area contributed by atoms with E-state index in [0.717, 1.165) is 34.2 Å². The standard InChI is InChI=1S/C17H22N4O2S/c1-11-3-6-15(24-11)17(22)21-8-7-13-16(18-19-20(13)2)14(21)10-23-9-12-4-5-12/h3,6,12,14H,4-5,7-10H2,1-2H3. The van der Waals surface area contributed by atoms with Crippen molar-refractivity contribution in [1.82, 2.24) is 19.9 Å². The van der Waals surface area contributed by atoms with Gasteiger partial charge in [0.15, 0.2) is 0 Å². The van der Waals surface area contributed by atoms with Crippen molar-refractivity contribution < 1.29 is 9.53 Å². The molecule has 24 heavy (non-hydrogen) atoms. The minimum absolute atomic E-state index is 0.0735. The molecule has 1 saturated carbocycles. The van der Waals surface area contributed by atoms with Gasteiger partial charge in [0.1, 0.15) is 11.7 Å². The van der Waals surface area contributed by atoms with Gasteiger partial charge in [-0.05, 0) is 37.8 Å². The second kappa shape index (κ2) is 6.29. The van der Waals surface area contributed by atoms with Crippen molar-refractivity contribution in [3.8, 4) is 0 Å². The van der Waals surface area contributed by atoms with Gasteiger partial charge in [-0.1, -0.05) is 5.21 Å². The van der Waals surface area contributed by atoms with Crippen LogP contribution in [-0.2, 0) is 18.2 Å². The van der Waals surface area contributed by atoms with Gasteiger partial charge in [-0.15, -0.1) is 16.4 Å². The van der Waals surface area contributed by atoms with Crippen molar-refractivity contribution in [2.45, 2.75) is 32.2 Å². The van der Waals surface area contributed by atoms with Crippen LogP contribution in [0.1, 0.15) is 44.8 Å². The van der Waals surface area contributed by atoms with E-state index < -0.39 is 0 Å². The Bertz CT molecular complexity index is 750. The van der Waals surface area contributed by atoms with E-state index in [1.807, 2.05) is 35.7 Å². The molecule has 2 aliphatic rings. The topological polar surface area (TPSA) is 60.2 Å². The highest BCUT2D eigenvalue weighted by molar-refractivity contribution is 7.13. The van der Waals surface area contributed by atoms with Crippen LogP contribution in [0.25, 0.3) is 0 Å². The Morgan fingerprint density at radius 1 is 1.38 bits per heavy atom. The summed E-state index contributed by atoms with van der Waals surface area (Å²) in [6, 6.07) is 3.77. The highest BCUT2D eigenvalue weighted by Gasteiger charge is 2.36. The molecule has 4 rings (SSSR count). The summed E-state index contributed by atoms with van der Waals surface area (Å²) in [6.45, 7) is 3.99. The van der Waals surface area contributed by atoms with Crippen molar-refractivity contribution in [2.24, 2.45) is 13.0 Å². The normalized spacial score (nSPS) is 20.2. The molecule has 0 N–H and O–H groups in total. The number of hydrogen-bond donors (Lipinski definition) is 0. The van der Waals surface area contributed by atoms with Gasteiger partial charge in [-0.3, -0.25) is 9.48 Å². The smallest absolute Gasteiger partial charge is 0.264 e. The summed E-state index contributed by atoms with van der Waals surface area (Å²) in [5, 5.41) is 8.48. The number of hydrogen-bond acceptors (Lipinski definition) is 5. The largest absolute Gasteiger partial charge is 0.379 e. The van der Waals surface area contributed by atoms with E-state index in [1.54, 1.807) is 11.3 Å². The predicted octanol–water partition coefficient (Wildman–Crippen LogP) is 2.35. The second-order valence-electron chi connectivity index (χ2n) is 6.70. The molecule has 0 saturated heterocycles. The Morgan fingerprint density at radius 3 is 2.92 bits per heavy atom. The van der Waals surface area contributed by atoms with Crippen molar-refractivity contribution in [3.63, 3.8) is 0 Å². The number of amides is 1. The molecule has 0 aromatic carbocycles. The lowest BCUT2D eigenvalue weighted by Crippen LogP contribution is -2.42. The lowest BCUT2D eigenvalue weighted by Gasteiger charge is -2.34. The van der Waals surface area contributed by atoms with Crippen LogP contribution >= 0.6 is 11.3 Å². The van der Waals surface area contributed by atoms with Crippen LogP contribution in [0.4, 0.5) is 0 Å². The molecule has 1 aliphatic heterocycles. The number of carbonyl (C=O) groups excluding carboxylic acids is 1. The molecule has 1 atom stereocenters. The molecule has 128 valence electrons. The first-order valence-corrected chi connectivity index (χ1v) is 9.28. The summed E-state index contributed by atoms with van der Waals surface area (Å²) in [5.41, 5.74) is 2.00. The first kappa shape index (κ1) is 15.8. The number of nitrogens with zero attached hydrogens (tertiary/aromatic N) is 4. The highest BCUT2D eigenvalue weighted by Crippen LogP contribution is 2.33. The second-order valence-corrected chi connectivity index (χ2v) is 7.99. The maximum atomic E-state index is 13.0. The molecule has 1 unspecified atom stereocenters. The first-order chi connectivity index (χ1) is 11.6. The summed E-state index contributed by atoms with van der Waals surface area (Å²) in [5.74, 6) is 0.781. The number of ether oxygens (including phenoxy) is 1. The molecule has 0 spiro atoms. The third kappa shape index (κ3) is 2.98. The summed E-state index contributed by atoms with van der Waals surface area (Å²) >= 11 is 1.54. The fourth-order valence-electron chi connectivity index (χ4n) is 3.21. The Kier molecular flexibility index (Phi) is 4.14. The molecule has 7 heteroatoms. The fourth-order valence-corrected chi connectivity index (χ4v) is 4.03. The SMILES string of the molecule is Cc1ccc(C(=O)N2CCc3c(nnn3C)C2COCC2CC2)s1. The fraction of sp³-hybridized carbons (Fsp3) is 0.588. The van der Waals surface area contributed by atoms with Gasteiger partial charge in [0, 0.05) is 31.5 Å². The molecular weight excluding hydrogens is 324 g/mol. The Balaban J connectivity index is 1.57. The van der Waals surface area contributed by atoms with Gasteiger partial charge >= 0.3 is 0 Å². The monoisotopic (exact) mass is 346 g/mol. The molecular formula is C17H22N4O2S. The van der Waals surface area contributed by atoms with Crippen molar-refractivity contribution >= 4 is 17.2 Å². The number of thiophene rings is 1. The molecule has 1 fully saturated rings. The van der Waals surface area contributed by atoms with Gasteiger partial charge in [0.2, 0.25) is 0 Å². The number of rotatable bonds is 5. The van der Waals surface area contributed by atoms with Gasteiger partial charge in [0.25, 0.3) is 5.91 Å². The number of aromatic nitrogens is 3. The van der Waals surface area contributed by atoms with Crippen LogP contribution in [0.3, 0.4) is 0 Å². The molecule has 2 aromatic rings. The summed E-state index contributed by atoms with van der Waals surface area (Å²) in [6.07, 6.45) is 3.31. The highest BCUT2D eigenvalue weighted by atomic mass is 32.1. The quantitative estimate of drug-likeness (QED) is 0.834. The van der Waals surface area contributed by atoms with E-state index in [1.165, 1.54) is 12.8 Å². The van der Waals surface area contributed by atoms with E-state index in [-0.39, 0.29) is 11.9 Å². The van der Waals surface area contributed by atoms with Gasteiger partial charge in [-0.25, -0.2) is 0 Å². The Hall–Kier alpha value is -1.73. The van der Waals surface area contributed by atoms with Crippen molar-refractivity contribution in [2.75, 3.05) is 19.8 Å². The van der Waals surface area contributed by atoms with E-state index in [9.17, 15) is 4.79 Å². The third-order valence-electron chi connectivity index (χ3n) is 4.79. The van der Waals surface area contributed by atoms with Gasteiger partial charge in [0.05, 0.1) is 17.2 Å². The average Bonchev–Trinajstić information content (AvgIpc) is 3.18. The summed E-state index contributed by atoms with van der Waals surface area (Å²) < 4.78 is 7.74. The van der Waals surface area contributed by atoms with Crippen LogP contribution in [0.2, 0.25) is 0 Å². The molecule has 3 heterocycles. The minimum atomic E-state index is -0.142. The minimum Gasteiger partial charge on any atom is -0.379 e. The molecule has 6 nitrogen and oxygen atoms in total. The zero-order valence-corrected chi connectivity index (χ0v) is 14.9. The molecule has 1 aliphatic carbocycles. The van der Waals surface area contributed by atoms with Crippen molar-refractivity contribution in [1.29, 1.82) is 0 Å². The third-order valence-corrected chi connectivity index (χ3v) is 5.78. The summed E-state index contributed by atoms with van der Waals surface area (Å²) in [7, 11) is 1.91. The van der Waals surface area contributed by atoms with E-state index in [4.69, 9.17) is 4.74 Å². The lowest BCUT2D eigenvalue weighted by atomic mass is 10.0. The van der Waals surface area contributed by atoms with Crippen LogP contribution in [-0.4, -0.2) is 45.6 Å². The van der Waals surface area contributed by atoms with E-state index >= 15 is 0 Å². The molecule has 0 bridgehead atoms. The Labute approximate surface area is 145 Å². The number of aryl methyl sites for hydroxylation is 2. The average molecular weight is 346 g/mol. The molecule has 0 radical (unpaired) electrons. The maximum absolute atomic E-state index is 13.0. The zero-order valence-electron chi connectivity index (χ0n) is 14.1. The predicted molar refractivity (Wildman–Crippen MR) is 91.1 cm³/mol. The van der Waals surface area contributed by atoms with Crippen molar-refractivity contribution in [3.05, 3.63) is 33.3 Å². The van der Waals surface area contributed by atoms with Crippen LogP contribution in [0.5, 0.6) is 0 Å². The zero-order chi connectivity index (χ0) is 16.7. The van der Waals surface area contributed by atoms with Crippen LogP contribution in [0.15, 0.2) is 12.1 Å². The van der Waals surface area contributed by atoms with E-state index in [2.05, 4.69) is 10.3 Å². The maximum Gasteiger partial charge on any atom is 0.264 e. The van der Waals surface area contributed by atoms with Gasteiger partial charge < -0.3 is 9.64 Å². The number of fused-ring (bicyclic) bond motifs is 1. The summed E-state index contributed by atoms with van der Waals surface area (Å²) in [4.78, 5) is 16.8. The van der Waals surface area contributed by atoms with Crippen LogP contribution < -0.4 is 0 Å². The number of carbonyl (C=O) groups is 1. The lowest BCUT2D eigenvalue weighted by molar-refractivity contribution is 0.0359. The van der Waals surface area contributed by atoms with E-state index in [0.29, 0.717) is 19.1 Å². The molecule has 2 aromatic heterocycles. The molecule has 1 amide bonds. The van der Waals surface area contributed by atoms with Gasteiger partial charge in [-0.2, -0.15) is 0 Å². The first-order valence-electron chi connectivity index (χ1n) is 8.47.